The molecular formula is C17H24N4S. The van der Waals surface area contributed by atoms with Crippen molar-refractivity contribution in [2.45, 2.75) is 32.4 Å². The van der Waals surface area contributed by atoms with Gasteiger partial charge >= 0.3 is 0 Å². The van der Waals surface area contributed by atoms with Crippen molar-refractivity contribution in [3.05, 3.63) is 40.9 Å². The number of likely N-dealkylation sites (tertiary alicyclic amines) is 1. The number of nitrogens with one attached hydrogen (secondary N) is 2. The molecule has 1 unspecified atom stereocenters. The van der Waals surface area contributed by atoms with Crippen LogP contribution in [0.3, 0.4) is 0 Å². The van der Waals surface area contributed by atoms with Gasteiger partial charge < -0.3 is 10.6 Å². The smallest absolute Gasteiger partial charge is 0.187 e. The molecule has 0 saturated carbocycles. The number of benzene rings is 1. The molecule has 118 valence electrons. The van der Waals surface area contributed by atoms with Gasteiger partial charge in [-0.25, -0.2) is 4.98 Å². The van der Waals surface area contributed by atoms with E-state index >= 15 is 0 Å². The number of anilines is 2. The Labute approximate surface area is 136 Å². The molecule has 0 spiro atoms. The summed E-state index contributed by atoms with van der Waals surface area (Å²) in [7, 11) is 2.06. The molecular weight excluding hydrogens is 292 g/mol. The summed E-state index contributed by atoms with van der Waals surface area (Å²) in [6, 6.07) is 9.04. The average Bonchev–Trinajstić information content (AvgIpc) is 2.97. The third-order valence-electron chi connectivity index (χ3n) is 4.15. The van der Waals surface area contributed by atoms with Gasteiger partial charge in [0.15, 0.2) is 5.13 Å². The molecule has 2 aromatic rings. The highest BCUT2D eigenvalue weighted by Crippen LogP contribution is 2.22. The first kappa shape index (κ1) is 15.5. The SMILES string of the molecule is CNC1CCCN(Cc2csc(Nc3ccc(C)cc3)n2)C1. The Hall–Kier alpha value is -1.43. The summed E-state index contributed by atoms with van der Waals surface area (Å²) in [5.74, 6) is 0. The van der Waals surface area contributed by atoms with Crippen molar-refractivity contribution in [2.24, 2.45) is 0 Å². The molecule has 5 heteroatoms. The molecule has 1 aromatic carbocycles. The molecule has 0 bridgehead atoms. The van der Waals surface area contributed by atoms with Crippen LogP contribution >= 0.6 is 11.3 Å². The van der Waals surface area contributed by atoms with E-state index in [9.17, 15) is 0 Å². The highest BCUT2D eigenvalue weighted by molar-refractivity contribution is 7.13. The van der Waals surface area contributed by atoms with Gasteiger partial charge in [0.1, 0.15) is 0 Å². The highest BCUT2D eigenvalue weighted by atomic mass is 32.1. The van der Waals surface area contributed by atoms with Crippen LogP contribution in [-0.4, -0.2) is 36.1 Å². The third kappa shape index (κ3) is 4.06. The lowest BCUT2D eigenvalue weighted by Gasteiger charge is -2.31. The molecule has 1 saturated heterocycles. The van der Waals surface area contributed by atoms with E-state index < -0.39 is 0 Å². The van der Waals surface area contributed by atoms with Gasteiger partial charge in [-0.1, -0.05) is 17.7 Å². The second kappa shape index (κ2) is 7.22. The lowest BCUT2D eigenvalue weighted by molar-refractivity contribution is 0.186. The second-order valence-electron chi connectivity index (χ2n) is 6.00. The Kier molecular flexibility index (Phi) is 5.08. The molecule has 4 nitrogen and oxygen atoms in total. The Morgan fingerprint density at radius 2 is 2.14 bits per heavy atom. The first-order valence-electron chi connectivity index (χ1n) is 7.90. The quantitative estimate of drug-likeness (QED) is 0.887. The molecule has 2 heterocycles. The van der Waals surface area contributed by atoms with Crippen LogP contribution in [-0.2, 0) is 6.54 Å². The number of hydrogen-bond acceptors (Lipinski definition) is 5. The van der Waals surface area contributed by atoms with Crippen LogP contribution in [0.25, 0.3) is 0 Å². The Morgan fingerprint density at radius 3 is 2.91 bits per heavy atom. The molecule has 1 aliphatic rings. The van der Waals surface area contributed by atoms with E-state index in [1.807, 2.05) is 0 Å². The van der Waals surface area contributed by atoms with Crippen molar-refractivity contribution in [3.63, 3.8) is 0 Å². The highest BCUT2D eigenvalue weighted by Gasteiger charge is 2.19. The molecule has 0 aliphatic carbocycles. The fourth-order valence-corrected chi connectivity index (χ4v) is 3.58. The molecule has 1 fully saturated rings. The first-order valence-corrected chi connectivity index (χ1v) is 8.78. The molecule has 1 atom stereocenters. The summed E-state index contributed by atoms with van der Waals surface area (Å²) in [6.07, 6.45) is 2.55. The zero-order valence-corrected chi connectivity index (χ0v) is 14.1. The van der Waals surface area contributed by atoms with E-state index in [2.05, 4.69) is 59.2 Å². The number of thiazole rings is 1. The molecule has 0 amide bonds. The van der Waals surface area contributed by atoms with Crippen molar-refractivity contribution < 1.29 is 0 Å². The van der Waals surface area contributed by atoms with Crippen LogP contribution in [0.4, 0.5) is 10.8 Å². The topological polar surface area (TPSA) is 40.2 Å². The fourth-order valence-electron chi connectivity index (χ4n) is 2.86. The van der Waals surface area contributed by atoms with Gasteiger partial charge in [-0.3, -0.25) is 4.90 Å². The predicted molar refractivity (Wildman–Crippen MR) is 93.9 cm³/mol. The van der Waals surface area contributed by atoms with Crippen LogP contribution in [0.15, 0.2) is 29.6 Å². The first-order chi connectivity index (χ1) is 10.7. The summed E-state index contributed by atoms with van der Waals surface area (Å²) >= 11 is 1.68. The summed E-state index contributed by atoms with van der Waals surface area (Å²) in [6.45, 7) is 5.34. The molecule has 3 rings (SSSR count). The van der Waals surface area contributed by atoms with Crippen LogP contribution < -0.4 is 10.6 Å². The van der Waals surface area contributed by atoms with Crippen molar-refractivity contribution in [1.82, 2.24) is 15.2 Å². The zero-order valence-electron chi connectivity index (χ0n) is 13.3. The summed E-state index contributed by atoms with van der Waals surface area (Å²) in [4.78, 5) is 7.21. The minimum Gasteiger partial charge on any atom is -0.332 e. The molecule has 1 aliphatic heterocycles. The van der Waals surface area contributed by atoms with Crippen molar-refractivity contribution in [1.29, 1.82) is 0 Å². The van der Waals surface area contributed by atoms with E-state index in [0.29, 0.717) is 6.04 Å². The number of rotatable bonds is 5. The van der Waals surface area contributed by atoms with Gasteiger partial charge in [0, 0.05) is 30.2 Å². The van der Waals surface area contributed by atoms with Crippen LogP contribution in [0.2, 0.25) is 0 Å². The summed E-state index contributed by atoms with van der Waals surface area (Å²) in [5, 5.41) is 9.91. The fraction of sp³-hybridized carbons (Fsp3) is 0.471. The van der Waals surface area contributed by atoms with Gasteiger partial charge in [-0.15, -0.1) is 11.3 Å². The van der Waals surface area contributed by atoms with Gasteiger partial charge in [0.05, 0.1) is 5.69 Å². The molecule has 22 heavy (non-hydrogen) atoms. The van der Waals surface area contributed by atoms with Crippen LogP contribution in [0.5, 0.6) is 0 Å². The number of aryl methyl sites for hydroxylation is 1. The van der Waals surface area contributed by atoms with E-state index in [1.54, 1.807) is 11.3 Å². The van der Waals surface area contributed by atoms with Gasteiger partial charge in [0.2, 0.25) is 0 Å². The lowest BCUT2D eigenvalue weighted by atomic mass is 10.1. The van der Waals surface area contributed by atoms with Gasteiger partial charge in [-0.2, -0.15) is 0 Å². The largest absolute Gasteiger partial charge is 0.332 e. The monoisotopic (exact) mass is 316 g/mol. The number of piperidine rings is 1. The molecule has 2 N–H and O–H groups in total. The van der Waals surface area contributed by atoms with Crippen molar-refractivity contribution in [2.75, 3.05) is 25.5 Å². The number of nitrogens with zero attached hydrogens (tertiary/aromatic N) is 2. The number of likely N-dealkylation sites (N-methyl/N-ethyl adjacent to an activating group) is 1. The average molecular weight is 316 g/mol. The number of aromatic nitrogens is 1. The molecule has 0 radical (unpaired) electrons. The maximum Gasteiger partial charge on any atom is 0.187 e. The van der Waals surface area contributed by atoms with Crippen LogP contribution in [0.1, 0.15) is 24.1 Å². The Morgan fingerprint density at radius 1 is 1.32 bits per heavy atom. The Balaban J connectivity index is 1.58. The van der Waals surface area contributed by atoms with E-state index in [0.717, 1.165) is 29.6 Å². The predicted octanol–water partition coefficient (Wildman–Crippen LogP) is 3.38. The maximum absolute atomic E-state index is 4.72. The minimum absolute atomic E-state index is 0.623. The summed E-state index contributed by atoms with van der Waals surface area (Å²) < 4.78 is 0. The third-order valence-corrected chi connectivity index (χ3v) is 4.96. The normalized spacial score (nSPS) is 19.3. The molecule has 1 aromatic heterocycles. The second-order valence-corrected chi connectivity index (χ2v) is 6.86. The van der Waals surface area contributed by atoms with E-state index in [1.165, 1.54) is 24.9 Å². The standard InChI is InChI=1S/C17H24N4S/c1-13-5-7-14(8-6-13)19-17-20-16(12-22-17)11-21-9-3-4-15(10-21)18-2/h5-8,12,15,18H,3-4,9-11H2,1-2H3,(H,19,20). The Bertz CT molecular complexity index is 593. The van der Waals surface area contributed by atoms with Crippen LogP contribution in [0, 0.1) is 6.92 Å². The maximum atomic E-state index is 4.72. The number of hydrogen-bond donors (Lipinski definition) is 2. The minimum atomic E-state index is 0.623. The lowest BCUT2D eigenvalue weighted by Crippen LogP contribution is -2.43. The van der Waals surface area contributed by atoms with Crippen molar-refractivity contribution >= 4 is 22.2 Å². The van der Waals surface area contributed by atoms with E-state index in [4.69, 9.17) is 4.98 Å². The zero-order chi connectivity index (χ0) is 15.4. The van der Waals surface area contributed by atoms with Crippen molar-refractivity contribution in [3.8, 4) is 0 Å². The van der Waals surface area contributed by atoms with Gasteiger partial charge in [-0.05, 0) is 45.5 Å². The van der Waals surface area contributed by atoms with Gasteiger partial charge in [0.25, 0.3) is 0 Å². The van der Waals surface area contributed by atoms with E-state index in [-0.39, 0.29) is 0 Å². The summed E-state index contributed by atoms with van der Waals surface area (Å²) in [5.41, 5.74) is 3.53.